The molecule has 6 heteroatoms. The van der Waals surface area contributed by atoms with Gasteiger partial charge in [-0.05, 0) is 53.1 Å². The zero-order valence-corrected chi connectivity index (χ0v) is 19.1. The van der Waals surface area contributed by atoms with Crippen LogP contribution in [0.5, 0.6) is 11.5 Å². The van der Waals surface area contributed by atoms with Crippen molar-refractivity contribution in [2.75, 3.05) is 0 Å². The molecule has 0 fully saturated rings. The summed E-state index contributed by atoms with van der Waals surface area (Å²) in [6.07, 6.45) is 0. The number of primary amides is 1. The van der Waals surface area contributed by atoms with E-state index in [4.69, 9.17) is 15.2 Å². The Kier molecular flexibility index (Phi) is 7.76. The first-order chi connectivity index (χ1) is 17.1. The van der Waals surface area contributed by atoms with Crippen molar-refractivity contribution in [3.05, 3.63) is 131 Å². The topological polar surface area (TPSA) is 90.7 Å². The Hall–Kier alpha value is -4.58. The van der Waals surface area contributed by atoms with Crippen LogP contribution >= 0.6 is 0 Å². The predicted molar refractivity (Wildman–Crippen MR) is 134 cm³/mol. The third kappa shape index (κ3) is 6.71. The van der Waals surface area contributed by atoms with Crippen molar-refractivity contribution in [1.82, 2.24) is 5.32 Å². The van der Waals surface area contributed by atoms with Crippen LogP contribution in [-0.4, -0.2) is 11.8 Å². The van der Waals surface area contributed by atoms with Crippen LogP contribution < -0.4 is 20.5 Å². The van der Waals surface area contributed by atoms with E-state index in [1.54, 1.807) is 42.5 Å². The molecule has 0 spiro atoms. The molecule has 35 heavy (non-hydrogen) atoms. The summed E-state index contributed by atoms with van der Waals surface area (Å²) in [5.41, 5.74) is 9.05. The number of ether oxygens (including phenoxy) is 2. The van der Waals surface area contributed by atoms with Crippen molar-refractivity contribution in [3.8, 4) is 11.5 Å². The molecule has 0 radical (unpaired) electrons. The van der Waals surface area contributed by atoms with Crippen LogP contribution in [0.3, 0.4) is 0 Å². The van der Waals surface area contributed by atoms with Gasteiger partial charge in [0.2, 0.25) is 0 Å². The SMILES string of the molecule is NC(=O)c1ccccc1OCc1cccc(C(=O)NCc2cccc(COc3ccccc3)c2)c1. The number of rotatable bonds is 10. The highest BCUT2D eigenvalue weighted by Gasteiger charge is 2.10. The lowest BCUT2D eigenvalue weighted by atomic mass is 10.1. The molecule has 0 atom stereocenters. The van der Waals surface area contributed by atoms with Crippen LogP contribution in [0, 0.1) is 0 Å². The summed E-state index contributed by atoms with van der Waals surface area (Å²) in [7, 11) is 0. The monoisotopic (exact) mass is 466 g/mol. The van der Waals surface area contributed by atoms with Crippen molar-refractivity contribution in [1.29, 1.82) is 0 Å². The summed E-state index contributed by atoms with van der Waals surface area (Å²) < 4.78 is 11.6. The van der Waals surface area contributed by atoms with Gasteiger partial charge in [-0.3, -0.25) is 9.59 Å². The van der Waals surface area contributed by atoms with Crippen molar-refractivity contribution in [2.45, 2.75) is 19.8 Å². The molecule has 4 rings (SSSR count). The largest absolute Gasteiger partial charge is 0.489 e. The van der Waals surface area contributed by atoms with Crippen LogP contribution in [-0.2, 0) is 19.8 Å². The van der Waals surface area contributed by atoms with Crippen molar-refractivity contribution >= 4 is 11.8 Å². The number of hydrogen-bond donors (Lipinski definition) is 2. The molecule has 176 valence electrons. The zero-order chi connectivity index (χ0) is 24.5. The maximum atomic E-state index is 12.7. The van der Waals surface area contributed by atoms with E-state index in [-0.39, 0.29) is 12.5 Å². The van der Waals surface area contributed by atoms with Crippen LogP contribution in [0.15, 0.2) is 103 Å². The third-order valence-electron chi connectivity index (χ3n) is 5.33. The highest BCUT2D eigenvalue weighted by Crippen LogP contribution is 2.19. The Bertz CT molecular complexity index is 1300. The zero-order valence-electron chi connectivity index (χ0n) is 19.1. The fourth-order valence-electron chi connectivity index (χ4n) is 3.56. The molecule has 0 aliphatic carbocycles. The number of para-hydroxylation sites is 2. The minimum Gasteiger partial charge on any atom is -0.489 e. The second-order valence-corrected chi connectivity index (χ2v) is 7.95. The number of hydrogen-bond acceptors (Lipinski definition) is 4. The van der Waals surface area contributed by atoms with Gasteiger partial charge in [0.1, 0.15) is 24.7 Å². The second kappa shape index (κ2) is 11.5. The lowest BCUT2D eigenvalue weighted by molar-refractivity contribution is 0.0949. The van der Waals surface area contributed by atoms with E-state index in [9.17, 15) is 9.59 Å². The first-order valence-corrected chi connectivity index (χ1v) is 11.2. The van der Waals surface area contributed by atoms with E-state index in [0.29, 0.717) is 30.0 Å². The lowest BCUT2D eigenvalue weighted by Crippen LogP contribution is -2.23. The summed E-state index contributed by atoms with van der Waals surface area (Å²) >= 11 is 0. The highest BCUT2D eigenvalue weighted by molar-refractivity contribution is 5.95. The van der Waals surface area contributed by atoms with E-state index >= 15 is 0 Å². The standard InChI is InChI=1S/C29H26N2O4/c30-28(32)26-14-4-5-15-27(26)35-20-23-10-7-11-24(17-23)29(33)31-18-21-8-6-9-22(16-21)19-34-25-12-2-1-3-13-25/h1-17H,18-20H2,(H2,30,32)(H,31,33). The average Bonchev–Trinajstić information content (AvgIpc) is 2.90. The first kappa shape index (κ1) is 23.6. The molecule has 0 unspecified atom stereocenters. The van der Waals surface area contributed by atoms with Crippen LogP contribution in [0.25, 0.3) is 0 Å². The van der Waals surface area contributed by atoms with Gasteiger partial charge in [-0.15, -0.1) is 0 Å². The molecular formula is C29H26N2O4. The molecule has 0 aliphatic rings. The van der Waals surface area contributed by atoms with Gasteiger partial charge in [-0.2, -0.15) is 0 Å². The molecule has 0 bridgehead atoms. The van der Waals surface area contributed by atoms with Gasteiger partial charge in [-0.1, -0.05) is 66.7 Å². The van der Waals surface area contributed by atoms with Crippen LogP contribution in [0.4, 0.5) is 0 Å². The van der Waals surface area contributed by atoms with E-state index < -0.39 is 5.91 Å². The summed E-state index contributed by atoms with van der Waals surface area (Å²) in [6.45, 7) is 1.05. The van der Waals surface area contributed by atoms with Gasteiger partial charge < -0.3 is 20.5 Å². The van der Waals surface area contributed by atoms with Crippen molar-refractivity contribution in [2.24, 2.45) is 5.73 Å². The summed E-state index contributed by atoms with van der Waals surface area (Å²) in [5.74, 6) is 0.485. The maximum Gasteiger partial charge on any atom is 0.252 e. The normalized spacial score (nSPS) is 10.4. The predicted octanol–water partition coefficient (Wildman–Crippen LogP) is 4.87. The molecule has 0 heterocycles. The number of carbonyl (C=O) groups is 2. The third-order valence-corrected chi connectivity index (χ3v) is 5.33. The minimum absolute atomic E-state index is 0.185. The molecule has 2 amide bonds. The summed E-state index contributed by atoms with van der Waals surface area (Å²) in [5, 5.41) is 2.96. The molecular weight excluding hydrogens is 440 g/mol. The second-order valence-electron chi connectivity index (χ2n) is 7.95. The number of nitrogens with two attached hydrogens (primary N) is 1. The summed E-state index contributed by atoms with van der Waals surface area (Å²) in [6, 6.07) is 31.6. The molecule has 0 aliphatic heterocycles. The maximum absolute atomic E-state index is 12.7. The lowest BCUT2D eigenvalue weighted by Gasteiger charge is -2.11. The minimum atomic E-state index is -0.551. The van der Waals surface area contributed by atoms with Crippen LogP contribution in [0.2, 0.25) is 0 Å². The van der Waals surface area contributed by atoms with Gasteiger partial charge in [0.05, 0.1) is 5.56 Å². The van der Waals surface area contributed by atoms with E-state index in [2.05, 4.69) is 5.32 Å². The highest BCUT2D eigenvalue weighted by atomic mass is 16.5. The van der Waals surface area contributed by atoms with Gasteiger partial charge in [-0.25, -0.2) is 0 Å². The molecule has 0 saturated carbocycles. The van der Waals surface area contributed by atoms with Crippen molar-refractivity contribution < 1.29 is 19.1 Å². The number of amides is 2. The van der Waals surface area contributed by atoms with E-state index in [0.717, 1.165) is 22.4 Å². The summed E-state index contributed by atoms with van der Waals surface area (Å²) in [4.78, 5) is 24.3. The number of benzene rings is 4. The Morgan fingerprint density at radius 2 is 1.34 bits per heavy atom. The van der Waals surface area contributed by atoms with Gasteiger partial charge >= 0.3 is 0 Å². The molecule has 3 N–H and O–H groups in total. The van der Waals surface area contributed by atoms with E-state index in [1.165, 1.54) is 0 Å². The molecule has 0 aromatic heterocycles. The Balaban J connectivity index is 1.33. The Labute approximate surface area is 204 Å². The molecule has 6 nitrogen and oxygen atoms in total. The van der Waals surface area contributed by atoms with Gasteiger partial charge in [0.15, 0.2) is 0 Å². The number of carbonyl (C=O) groups excluding carboxylic acids is 2. The van der Waals surface area contributed by atoms with Crippen LogP contribution in [0.1, 0.15) is 37.4 Å². The molecule has 4 aromatic rings. The van der Waals surface area contributed by atoms with Crippen molar-refractivity contribution in [3.63, 3.8) is 0 Å². The Morgan fingerprint density at radius 3 is 2.14 bits per heavy atom. The quantitative estimate of drug-likeness (QED) is 0.349. The first-order valence-electron chi connectivity index (χ1n) is 11.2. The van der Waals surface area contributed by atoms with Gasteiger partial charge in [0.25, 0.3) is 11.8 Å². The molecule has 0 saturated heterocycles. The fraction of sp³-hybridized carbons (Fsp3) is 0.103. The fourth-order valence-corrected chi connectivity index (χ4v) is 3.56. The average molecular weight is 467 g/mol. The van der Waals surface area contributed by atoms with Gasteiger partial charge in [0, 0.05) is 12.1 Å². The Morgan fingerprint density at radius 1 is 0.686 bits per heavy atom. The van der Waals surface area contributed by atoms with E-state index in [1.807, 2.05) is 60.7 Å². The smallest absolute Gasteiger partial charge is 0.252 e. The molecule has 4 aromatic carbocycles. The number of nitrogens with one attached hydrogen (secondary N) is 1.